The van der Waals surface area contributed by atoms with Crippen molar-refractivity contribution in [3.63, 3.8) is 0 Å². The first kappa shape index (κ1) is 24.2. The number of aromatic nitrogens is 1. The summed E-state index contributed by atoms with van der Waals surface area (Å²) in [4.78, 5) is 37.3. The Morgan fingerprint density at radius 1 is 1.09 bits per heavy atom. The second kappa shape index (κ2) is 11.0. The predicted octanol–water partition coefficient (Wildman–Crippen LogP) is 2.05. The van der Waals surface area contributed by atoms with Crippen molar-refractivity contribution in [3.8, 4) is 5.75 Å². The van der Waals surface area contributed by atoms with Gasteiger partial charge >= 0.3 is 0 Å². The molecule has 182 valence electrons. The minimum atomic E-state index is -0.856. The van der Waals surface area contributed by atoms with Gasteiger partial charge in [-0.25, -0.2) is 0 Å². The van der Waals surface area contributed by atoms with Crippen LogP contribution in [0.2, 0.25) is 0 Å². The lowest BCUT2D eigenvalue weighted by molar-refractivity contribution is -0.136. The highest BCUT2D eigenvalue weighted by molar-refractivity contribution is 5.98. The average Bonchev–Trinajstić information content (AvgIpc) is 2.89. The Balaban J connectivity index is 1.52. The molecule has 0 N–H and O–H groups in total. The van der Waals surface area contributed by atoms with Crippen LogP contribution in [0.25, 0.3) is 0 Å². The third kappa shape index (κ3) is 5.23. The smallest absolute Gasteiger partial charge is 0.257 e. The van der Waals surface area contributed by atoms with Crippen molar-refractivity contribution in [1.82, 2.24) is 19.7 Å². The third-order valence-corrected chi connectivity index (χ3v) is 6.64. The van der Waals surface area contributed by atoms with Crippen LogP contribution in [-0.2, 0) is 14.9 Å². The molecule has 2 saturated heterocycles. The SMILES string of the molecule is CN(C)C(=O)[C@]1(c2ccccn2)CCCN(C(=O)c2ccccc2OCCN2CCOCC2)C1. The van der Waals surface area contributed by atoms with Gasteiger partial charge in [-0.05, 0) is 37.1 Å². The van der Waals surface area contributed by atoms with Crippen LogP contribution >= 0.6 is 0 Å². The number of hydrogen-bond donors (Lipinski definition) is 0. The molecule has 2 aliphatic rings. The number of piperidine rings is 1. The number of pyridine rings is 1. The minimum absolute atomic E-state index is 0.0289. The molecule has 1 atom stereocenters. The predicted molar refractivity (Wildman–Crippen MR) is 129 cm³/mol. The van der Waals surface area contributed by atoms with E-state index in [4.69, 9.17) is 9.47 Å². The molecule has 3 heterocycles. The normalized spacial score (nSPS) is 21.2. The summed E-state index contributed by atoms with van der Waals surface area (Å²) in [5, 5.41) is 0. The van der Waals surface area contributed by atoms with Gasteiger partial charge in [0.15, 0.2) is 0 Å². The van der Waals surface area contributed by atoms with E-state index in [-0.39, 0.29) is 11.8 Å². The molecule has 8 heteroatoms. The standard InChI is InChI=1S/C26H34N4O4/c1-28(2)25(32)26(23-10-5-6-12-27-23)11-7-13-30(20-26)24(31)21-8-3-4-9-22(21)34-19-16-29-14-17-33-18-15-29/h3-6,8-10,12H,7,11,13-20H2,1-2H3/t26-/m1/s1. The maximum absolute atomic E-state index is 13.7. The Bertz CT molecular complexity index is 978. The summed E-state index contributed by atoms with van der Waals surface area (Å²) in [6.45, 7) is 5.46. The van der Waals surface area contributed by atoms with E-state index >= 15 is 0 Å². The zero-order chi connectivity index (χ0) is 24.0. The van der Waals surface area contributed by atoms with Gasteiger partial charge in [-0.2, -0.15) is 0 Å². The third-order valence-electron chi connectivity index (χ3n) is 6.64. The Labute approximate surface area is 201 Å². The fourth-order valence-electron chi connectivity index (χ4n) is 4.85. The number of rotatable bonds is 7. The first-order chi connectivity index (χ1) is 16.5. The fourth-order valence-corrected chi connectivity index (χ4v) is 4.85. The number of carbonyl (C=O) groups is 2. The molecule has 1 aromatic heterocycles. The van der Waals surface area contributed by atoms with E-state index < -0.39 is 5.41 Å². The summed E-state index contributed by atoms with van der Waals surface area (Å²) < 4.78 is 11.5. The molecule has 1 aromatic carbocycles. The summed E-state index contributed by atoms with van der Waals surface area (Å²) in [6.07, 6.45) is 3.09. The van der Waals surface area contributed by atoms with Gasteiger partial charge in [0.05, 0.1) is 24.5 Å². The van der Waals surface area contributed by atoms with E-state index in [1.807, 2.05) is 36.4 Å². The lowest BCUT2D eigenvalue weighted by atomic mass is 9.75. The molecule has 8 nitrogen and oxygen atoms in total. The van der Waals surface area contributed by atoms with Gasteiger partial charge in [-0.1, -0.05) is 18.2 Å². The lowest BCUT2D eigenvalue weighted by Gasteiger charge is -2.42. The molecule has 2 amide bonds. The van der Waals surface area contributed by atoms with Crippen molar-refractivity contribution >= 4 is 11.8 Å². The van der Waals surface area contributed by atoms with E-state index in [1.54, 1.807) is 36.2 Å². The maximum Gasteiger partial charge on any atom is 0.257 e. The van der Waals surface area contributed by atoms with Crippen LogP contribution in [-0.4, -0.2) is 98.1 Å². The number of carbonyl (C=O) groups excluding carboxylic acids is 2. The molecular weight excluding hydrogens is 432 g/mol. The van der Waals surface area contributed by atoms with Gasteiger partial charge in [0.25, 0.3) is 5.91 Å². The summed E-state index contributed by atoms with van der Waals surface area (Å²) in [7, 11) is 3.51. The van der Waals surface area contributed by atoms with Crippen molar-refractivity contribution in [2.24, 2.45) is 0 Å². The number of likely N-dealkylation sites (N-methyl/N-ethyl adjacent to an activating group) is 1. The van der Waals surface area contributed by atoms with Crippen molar-refractivity contribution in [2.45, 2.75) is 18.3 Å². The second-order valence-electron chi connectivity index (χ2n) is 9.13. The van der Waals surface area contributed by atoms with Crippen LogP contribution < -0.4 is 4.74 Å². The molecule has 4 rings (SSSR count). The topological polar surface area (TPSA) is 75.2 Å². The highest BCUT2D eigenvalue weighted by Gasteiger charge is 2.47. The van der Waals surface area contributed by atoms with E-state index in [1.165, 1.54) is 0 Å². The molecule has 2 aromatic rings. The molecule has 0 aliphatic carbocycles. The molecule has 0 bridgehead atoms. The zero-order valence-electron chi connectivity index (χ0n) is 20.1. The molecule has 0 spiro atoms. The number of para-hydroxylation sites is 1. The summed E-state index contributed by atoms with van der Waals surface area (Å²) in [5.41, 5.74) is 0.380. The van der Waals surface area contributed by atoms with Crippen molar-refractivity contribution < 1.29 is 19.1 Å². The van der Waals surface area contributed by atoms with Crippen LogP contribution in [0.5, 0.6) is 5.75 Å². The molecule has 2 aliphatic heterocycles. The molecule has 0 saturated carbocycles. The van der Waals surface area contributed by atoms with Gasteiger partial charge in [0.2, 0.25) is 5.91 Å². The van der Waals surface area contributed by atoms with Crippen LogP contribution in [0.15, 0.2) is 48.7 Å². The fraction of sp³-hybridized carbons (Fsp3) is 0.500. The minimum Gasteiger partial charge on any atom is -0.491 e. The first-order valence-corrected chi connectivity index (χ1v) is 12.0. The van der Waals surface area contributed by atoms with Crippen LogP contribution in [0.1, 0.15) is 28.9 Å². The van der Waals surface area contributed by atoms with Crippen LogP contribution in [0.3, 0.4) is 0 Å². The van der Waals surface area contributed by atoms with Crippen molar-refractivity contribution in [2.75, 3.05) is 66.6 Å². The second-order valence-corrected chi connectivity index (χ2v) is 9.13. The molecule has 0 radical (unpaired) electrons. The molecule has 0 unspecified atom stereocenters. The number of amides is 2. The summed E-state index contributed by atoms with van der Waals surface area (Å²) >= 11 is 0. The van der Waals surface area contributed by atoms with Crippen LogP contribution in [0.4, 0.5) is 0 Å². The monoisotopic (exact) mass is 466 g/mol. The van der Waals surface area contributed by atoms with Gasteiger partial charge in [-0.3, -0.25) is 19.5 Å². The summed E-state index contributed by atoms with van der Waals surface area (Å²) in [5.74, 6) is 0.431. The lowest BCUT2D eigenvalue weighted by Crippen LogP contribution is -2.56. The maximum atomic E-state index is 13.7. The molecule has 2 fully saturated rings. The Kier molecular flexibility index (Phi) is 7.80. The van der Waals surface area contributed by atoms with E-state index in [0.29, 0.717) is 43.1 Å². The van der Waals surface area contributed by atoms with Gasteiger partial charge in [-0.15, -0.1) is 0 Å². The molecular formula is C26H34N4O4. The number of nitrogens with zero attached hydrogens (tertiary/aromatic N) is 4. The Hall–Kier alpha value is -2.97. The Morgan fingerprint density at radius 3 is 2.59 bits per heavy atom. The first-order valence-electron chi connectivity index (χ1n) is 12.0. The largest absolute Gasteiger partial charge is 0.491 e. The van der Waals surface area contributed by atoms with Gasteiger partial charge < -0.3 is 19.3 Å². The molecule has 34 heavy (non-hydrogen) atoms. The highest BCUT2D eigenvalue weighted by Crippen LogP contribution is 2.36. The number of morpholine rings is 1. The van der Waals surface area contributed by atoms with E-state index in [0.717, 1.165) is 39.3 Å². The van der Waals surface area contributed by atoms with Crippen LogP contribution in [0, 0.1) is 0 Å². The zero-order valence-corrected chi connectivity index (χ0v) is 20.1. The van der Waals surface area contributed by atoms with Crippen molar-refractivity contribution in [3.05, 3.63) is 59.9 Å². The number of ether oxygens (including phenoxy) is 2. The highest BCUT2D eigenvalue weighted by atomic mass is 16.5. The summed E-state index contributed by atoms with van der Waals surface area (Å²) in [6, 6.07) is 13.0. The Morgan fingerprint density at radius 2 is 1.85 bits per heavy atom. The van der Waals surface area contributed by atoms with Crippen molar-refractivity contribution in [1.29, 1.82) is 0 Å². The number of hydrogen-bond acceptors (Lipinski definition) is 6. The quantitative estimate of drug-likeness (QED) is 0.622. The number of likely N-dealkylation sites (tertiary alicyclic amines) is 1. The van der Waals surface area contributed by atoms with Gasteiger partial charge in [0, 0.05) is 53.0 Å². The average molecular weight is 467 g/mol. The van der Waals surface area contributed by atoms with E-state index in [2.05, 4.69) is 9.88 Å². The van der Waals surface area contributed by atoms with E-state index in [9.17, 15) is 9.59 Å². The van der Waals surface area contributed by atoms with Gasteiger partial charge in [0.1, 0.15) is 17.8 Å². The number of benzene rings is 1.